The molecule has 1 rings (SSSR count). The molecule has 0 fully saturated rings. The van der Waals surface area contributed by atoms with Crippen molar-refractivity contribution in [1.29, 1.82) is 0 Å². The minimum absolute atomic E-state index is 0.0765. The summed E-state index contributed by atoms with van der Waals surface area (Å²) in [5.41, 5.74) is 4.88. The number of ether oxygens (including phenoxy) is 1. The van der Waals surface area contributed by atoms with Gasteiger partial charge in [-0.15, -0.1) is 0 Å². The lowest BCUT2D eigenvalue weighted by molar-refractivity contribution is 0.0601. The number of rotatable bonds is 2. The molecule has 1 aromatic carbocycles. The van der Waals surface area contributed by atoms with Crippen LogP contribution in [0.3, 0.4) is 0 Å². The molecule has 0 saturated carbocycles. The van der Waals surface area contributed by atoms with Gasteiger partial charge in [0.1, 0.15) is 5.82 Å². The predicted molar refractivity (Wildman–Crippen MR) is 58.6 cm³/mol. The molecule has 0 aliphatic rings. The number of urea groups is 1. The number of anilines is 1. The number of hydrogen-bond acceptors (Lipinski definition) is 3. The van der Waals surface area contributed by atoms with E-state index in [1.54, 1.807) is 0 Å². The molecule has 3 N–H and O–H groups in total. The number of carbonyl (C=O) groups excluding carboxylic acids is 2. The molecule has 5 nitrogen and oxygen atoms in total. The number of nitrogens with two attached hydrogens (primary N) is 1. The van der Waals surface area contributed by atoms with Crippen LogP contribution in [0, 0.1) is 5.82 Å². The van der Waals surface area contributed by atoms with E-state index in [-0.39, 0.29) is 15.7 Å². The number of nitrogens with one attached hydrogen (secondary N) is 1. The molecule has 0 atom stereocenters. The summed E-state index contributed by atoms with van der Waals surface area (Å²) in [4.78, 5) is 22.0. The fourth-order valence-corrected chi connectivity index (χ4v) is 1.41. The number of benzene rings is 1. The van der Waals surface area contributed by atoms with E-state index in [1.807, 2.05) is 0 Å². The SMILES string of the molecule is COC(=O)c1cc(F)c(Br)cc1NC(N)=O. The van der Waals surface area contributed by atoms with Crippen LogP contribution in [0.2, 0.25) is 0 Å². The average molecular weight is 291 g/mol. The van der Waals surface area contributed by atoms with Crippen molar-refractivity contribution in [3.05, 3.63) is 28.0 Å². The van der Waals surface area contributed by atoms with Crippen molar-refractivity contribution < 1.29 is 18.7 Å². The second-order valence-electron chi connectivity index (χ2n) is 2.79. The van der Waals surface area contributed by atoms with Gasteiger partial charge in [0.25, 0.3) is 0 Å². The highest BCUT2D eigenvalue weighted by atomic mass is 79.9. The Kier molecular flexibility index (Phi) is 3.83. The van der Waals surface area contributed by atoms with Crippen LogP contribution >= 0.6 is 15.9 Å². The van der Waals surface area contributed by atoms with Gasteiger partial charge in [-0.1, -0.05) is 0 Å². The standard InChI is InChI=1S/C9H8BrFN2O3/c1-16-8(14)4-2-6(11)5(10)3-7(4)13-9(12)15/h2-3H,1H3,(H3,12,13,15). The molecule has 16 heavy (non-hydrogen) atoms. The van der Waals surface area contributed by atoms with Crippen LogP contribution in [0.15, 0.2) is 16.6 Å². The van der Waals surface area contributed by atoms with Crippen LogP contribution in [-0.4, -0.2) is 19.1 Å². The summed E-state index contributed by atoms with van der Waals surface area (Å²) in [6, 6.07) is 1.32. The maximum Gasteiger partial charge on any atom is 0.340 e. The summed E-state index contributed by atoms with van der Waals surface area (Å²) >= 11 is 2.92. The summed E-state index contributed by atoms with van der Waals surface area (Å²) in [6.45, 7) is 0. The molecule has 0 spiro atoms. The van der Waals surface area contributed by atoms with Crippen LogP contribution in [0.5, 0.6) is 0 Å². The van der Waals surface area contributed by atoms with Crippen molar-refractivity contribution in [1.82, 2.24) is 0 Å². The van der Waals surface area contributed by atoms with Gasteiger partial charge in [-0.25, -0.2) is 14.0 Å². The van der Waals surface area contributed by atoms with E-state index in [0.717, 1.165) is 13.2 Å². The Labute approximate surface area is 98.9 Å². The molecule has 1 aromatic rings. The molecule has 7 heteroatoms. The topological polar surface area (TPSA) is 81.4 Å². The lowest BCUT2D eigenvalue weighted by Gasteiger charge is -2.09. The summed E-state index contributed by atoms with van der Waals surface area (Å²) in [7, 11) is 1.15. The minimum Gasteiger partial charge on any atom is -0.465 e. The first-order chi connectivity index (χ1) is 7.45. The molecule has 0 radical (unpaired) electrons. The Bertz CT molecular complexity index is 451. The Morgan fingerprint density at radius 2 is 2.12 bits per heavy atom. The summed E-state index contributed by atoms with van der Waals surface area (Å²) in [6.07, 6.45) is 0. The van der Waals surface area contributed by atoms with Gasteiger partial charge < -0.3 is 15.8 Å². The Morgan fingerprint density at radius 3 is 2.62 bits per heavy atom. The van der Waals surface area contributed by atoms with E-state index in [1.165, 1.54) is 6.07 Å². The van der Waals surface area contributed by atoms with E-state index in [0.29, 0.717) is 0 Å². The third-order valence-electron chi connectivity index (χ3n) is 1.72. The van der Waals surface area contributed by atoms with Crippen molar-refractivity contribution >= 4 is 33.6 Å². The molecule has 0 aliphatic heterocycles. The highest BCUT2D eigenvalue weighted by Gasteiger charge is 2.16. The average Bonchev–Trinajstić information content (AvgIpc) is 2.21. The molecule has 2 amide bonds. The van der Waals surface area contributed by atoms with Crippen molar-refractivity contribution in [2.24, 2.45) is 5.73 Å². The first kappa shape index (κ1) is 12.4. The van der Waals surface area contributed by atoms with E-state index in [2.05, 4.69) is 26.0 Å². The number of amides is 2. The van der Waals surface area contributed by atoms with Crippen LogP contribution in [0.4, 0.5) is 14.9 Å². The maximum absolute atomic E-state index is 13.2. The van der Waals surface area contributed by atoms with Crippen LogP contribution in [0.1, 0.15) is 10.4 Å². The Hall–Kier alpha value is -1.63. The highest BCUT2D eigenvalue weighted by molar-refractivity contribution is 9.10. The largest absolute Gasteiger partial charge is 0.465 e. The first-order valence-electron chi connectivity index (χ1n) is 4.09. The highest BCUT2D eigenvalue weighted by Crippen LogP contribution is 2.25. The number of primary amides is 1. The molecule has 0 aliphatic carbocycles. The van der Waals surface area contributed by atoms with Crippen molar-refractivity contribution in [2.75, 3.05) is 12.4 Å². The van der Waals surface area contributed by atoms with E-state index < -0.39 is 17.8 Å². The van der Waals surface area contributed by atoms with Gasteiger partial charge in [-0.05, 0) is 28.1 Å². The summed E-state index contributed by atoms with van der Waals surface area (Å²) in [5.74, 6) is -1.41. The van der Waals surface area contributed by atoms with Gasteiger partial charge in [0.2, 0.25) is 0 Å². The van der Waals surface area contributed by atoms with Crippen LogP contribution in [-0.2, 0) is 4.74 Å². The first-order valence-corrected chi connectivity index (χ1v) is 4.88. The number of methoxy groups -OCH3 is 1. The third kappa shape index (κ3) is 2.69. The van der Waals surface area contributed by atoms with Crippen LogP contribution < -0.4 is 11.1 Å². The molecular formula is C9H8BrFN2O3. The van der Waals surface area contributed by atoms with Crippen molar-refractivity contribution in [3.63, 3.8) is 0 Å². The van der Waals surface area contributed by atoms with Gasteiger partial charge >= 0.3 is 12.0 Å². The summed E-state index contributed by atoms with van der Waals surface area (Å²) < 4.78 is 17.7. The molecular weight excluding hydrogens is 283 g/mol. The molecule has 0 heterocycles. The minimum atomic E-state index is -0.858. The maximum atomic E-state index is 13.2. The van der Waals surface area contributed by atoms with Gasteiger partial charge in [-0.2, -0.15) is 0 Å². The summed E-state index contributed by atoms with van der Waals surface area (Å²) in [5, 5.41) is 2.20. The van der Waals surface area contributed by atoms with Crippen molar-refractivity contribution in [3.8, 4) is 0 Å². The zero-order valence-corrected chi connectivity index (χ0v) is 9.80. The molecule has 0 aromatic heterocycles. The zero-order valence-electron chi connectivity index (χ0n) is 8.21. The zero-order chi connectivity index (χ0) is 12.3. The van der Waals surface area contributed by atoms with Gasteiger partial charge in [0.05, 0.1) is 22.8 Å². The van der Waals surface area contributed by atoms with Gasteiger partial charge in [0.15, 0.2) is 0 Å². The molecule has 0 saturated heterocycles. The number of esters is 1. The molecule has 0 unspecified atom stereocenters. The van der Waals surface area contributed by atoms with Gasteiger partial charge in [-0.3, -0.25) is 0 Å². The fourth-order valence-electron chi connectivity index (χ4n) is 1.06. The lowest BCUT2D eigenvalue weighted by atomic mass is 10.1. The number of hydrogen-bond donors (Lipinski definition) is 2. The number of carbonyl (C=O) groups is 2. The molecule has 0 bridgehead atoms. The lowest BCUT2D eigenvalue weighted by Crippen LogP contribution is -2.21. The van der Waals surface area contributed by atoms with Crippen molar-refractivity contribution in [2.45, 2.75) is 0 Å². The van der Waals surface area contributed by atoms with E-state index in [4.69, 9.17) is 5.73 Å². The Balaban J connectivity index is 3.27. The Morgan fingerprint density at radius 1 is 1.50 bits per heavy atom. The number of halogens is 2. The van der Waals surface area contributed by atoms with Crippen LogP contribution in [0.25, 0.3) is 0 Å². The fraction of sp³-hybridized carbons (Fsp3) is 0.111. The quantitative estimate of drug-likeness (QED) is 0.816. The smallest absolute Gasteiger partial charge is 0.340 e. The predicted octanol–water partition coefficient (Wildman–Crippen LogP) is 1.87. The van der Waals surface area contributed by atoms with E-state index >= 15 is 0 Å². The second-order valence-corrected chi connectivity index (χ2v) is 3.65. The normalized spacial score (nSPS) is 9.69. The van der Waals surface area contributed by atoms with Gasteiger partial charge in [0, 0.05) is 0 Å². The van der Waals surface area contributed by atoms with E-state index in [9.17, 15) is 14.0 Å². The second kappa shape index (κ2) is 4.93. The third-order valence-corrected chi connectivity index (χ3v) is 2.33. The monoisotopic (exact) mass is 290 g/mol. The molecule has 86 valence electrons.